The Morgan fingerprint density at radius 1 is 1.00 bits per heavy atom. The quantitative estimate of drug-likeness (QED) is 0.518. The van der Waals surface area contributed by atoms with Gasteiger partial charge in [0.2, 0.25) is 5.91 Å². The van der Waals surface area contributed by atoms with E-state index in [2.05, 4.69) is 10.3 Å². The van der Waals surface area contributed by atoms with Crippen LogP contribution in [0.15, 0.2) is 79.1 Å². The molecule has 1 fully saturated rings. The zero-order valence-corrected chi connectivity index (χ0v) is 18.6. The van der Waals surface area contributed by atoms with Gasteiger partial charge < -0.3 is 10.1 Å². The van der Waals surface area contributed by atoms with Gasteiger partial charge >= 0.3 is 6.18 Å². The average molecular weight is 470 g/mol. The summed E-state index contributed by atoms with van der Waals surface area (Å²) in [6.45, 7) is 0.616. The van der Waals surface area contributed by atoms with Crippen molar-refractivity contribution < 1.29 is 22.7 Å². The molecule has 4 rings (SSSR count). The van der Waals surface area contributed by atoms with Crippen LogP contribution < -0.4 is 10.1 Å². The molecule has 0 bridgehead atoms. The van der Waals surface area contributed by atoms with Crippen molar-refractivity contribution in [2.75, 3.05) is 13.1 Å². The molecule has 178 valence electrons. The molecular formula is C26H26F3N3O2. The maximum atomic E-state index is 14.1. The number of hydrogen-bond donors (Lipinski definition) is 1. The van der Waals surface area contributed by atoms with Gasteiger partial charge in [0.1, 0.15) is 12.4 Å². The number of nitrogens with one attached hydrogen (secondary N) is 1. The molecule has 34 heavy (non-hydrogen) atoms. The summed E-state index contributed by atoms with van der Waals surface area (Å²) in [7, 11) is 0. The maximum absolute atomic E-state index is 14.1. The van der Waals surface area contributed by atoms with Gasteiger partial charge in [0, 0.05) is 37.6 Å². The molecule has 1 unspecified atom stereocenters. The lowest BCUT2D eigenvalue weighted by Gasteiger charge is -2.30. The predicted octanol–water partition coefficient (Wildman–Crippen LogP) is 4.73. The van der Waals surface area contributed by atoms with Crippen molar-refractivity contribution in [2.24, 2.45) is 5.41 Å². The van der Waals surface area contributed by atoms with Gasteiger partial charge in [0.15, 0.2) is 5.41 Å². The molecule has 1 aliphatic rings. The van der Waals surface area contributed by atoms with Crippen LogP contribution in [0.5, 0.6) is 5.75 Å². The molecule has 1 aromatic heterocycles. The van der Waals surface area contributed by atoms with Crippen LogP contribution in [-0.2, 0) is 24.5 Å². The van der Waals surface area contributed by atoms with E-state index < -0.39 is 17.5 Å². The number of aromatic nitrogens is 1. The first kappa shape index (κ1) is 23.8. The summed E-state index contributed by atoms with van der Waals surface area (Å²) in [5, 5.41) is 2.52. The summed E-state index contributed by atoms with van der Waals surface area (Å²) in [6.07, 6.45) is -1.49. The molecule has 1 N–H and O–H groups in total. The molecule has 2 aromatic carbocycles. The summed E-state index contributed by atoms with van der Waals surface area (Å²) < 4.78 is 47.9. The van der Waals surface area contributed by atoms with E-state index in [1.54, 1.807) is 41.6 Å². The summed E-state index contributed by atoms with van der Waals surface area (Å²) in [5.41, 5.74) is 0.133. The van der Waals surface area contributed by atoms with E-state index in [0.29, 0.717) is 24.5 Å². The molecule has 8 heteroatoms. The lowest BCUT2D eigenvalue weighted by atomic mass is 9.85. The third kappa shape index (κ3) is 5.56. The molecule has 1 amide bonds. The number of likely N-dealkylation sites (tertiary alicyclic amines) is 1. The molecule has 1 aliphatic heterocycles. The summed E-state index contributed by atoms with van der Waals surface area (Å²) in [4.78, 5) is 18.5. The molecule has 1 atom stereocenters. The largest absolute Gasteiger partial charge is 0.489 e. The van der Waals surface area contributed by atoms with Crippen LogP contribution in [0.3, 0.4) is 0 Å². The second-order valence-electron chi connectivity index (χ2n) is 8.50. The summed E-state index contributed by atoms with van der Waals surface area (Å²) >= 11 is 0. The monoisotopic (exact) mass is 469 g/mol. The van der Waals surface area contributed by atoms with Crippen LogP contribution in [0.4, 0.5) is 13.2 Å². The van der Waals surface area contributed by atoms with Gasteiger partial charge in [-0.15, -0.1) is 0 Å². The first-order valence-electron chi connectivity index (χ1n) is 11.1. The summed E-state index contributed by atoms with van der Waals surface area (Å²) in [5.74, 6) is -0.356. The second-order valence-corrected chi connectivity index (χ2v) is 8.50. The topological polar surface area (TPSA) is 54.5 Å². The van der Waals surface area contributed by atoms with E-state index in [0.717, 1.165) is 11.1 Å². The highest BCUT2D eigenvalue weighted by molar-refractivity contribution is 5.84. The van der Waals surface area contributed by atoms with E-state index in [1.165, 1.54) is 0 Å². The lowest BCUT2D eigenvalue weighted by molar-refractivity contribution is -0.218. The Hall–Kier alpha value is -3.39. The number of hydrogen-bond acceptors (Lipinski definition) is 4. The van der Waals surface area contributed by atoms with Crippen LogP contribution in [-0.4, -0.2) is 35.1 Å². The highest BCUT2D eigenvalue weighted by Crippen LogP contribution is 2.46. The molecule has 3 aromatic rings. The van der Waals surface area contributed by atoms with Crippen LogP contribution in [0.1, 0.15) is 23.1 Å². The number of amides is 1. The van der Waals surface area contributed by atoms with E-state index in [9.17, 15) is 18.0 Å². The molecule has 1 saturated heterocycles. The van der Waals surface area contributed by atoms with Crippen LogP contribution in [0, 0.1) is 5.41 Å². The van der Waals surface area contributed by atoms with Crippen molar-refractivity contribution in [3.05, 3.63) is 95.8 Å². The standard InChI is InChI=1S/C26H26F3N3O2/c27-26(28,29)25(12-14-32(19-25)17-21-5-2-1-3-6-21)24(33)31-16-20-8-10-23(11-9-20)34-18-22-7-4-13-30-15-22/h1-11,13,15H,12,14,16-19H2,(H,31,33). The Balaban J connectivity index is 1.34. The van der Waals surface area contributed by atoms with Crippen LogP contribution >= 0.6 is 0 Å². The van der Waals surface area contributed by atoms with Crippen molar-refractivity contribution in [3.63, 3.8) is 0 Å². The molecule has 5 nitrogen and oxygen atoms in total. The van der Waals surface area contributed by atoms with E-state index in [-0.39, 0.29) is 26.1 Å². The van der Waals surface area contributed by atoms with E-state index in [1.807, 2.05) is 42.5 Å². The summed E-state index contributed by atoms with van der Waals surface area (Å²) in [6, 6.07) is 20.0. The highest BCUT2D eigenvalue weighted by atomic mass is 19.4. The number of ether oxygens (including phenoxy) is 1. The van der Waals surface area contributed by atoms with Crippen molar-refractivity contribution in [1.82, 2.24) is 15.2 Å². The number of rotatable bonds is 8. The minimum atomic E-state index is -4.63. The van der Waals surface area contributed by atoms with Crippen molar-refractivity contribution in [1.29, 1.82) is 0 Å². The smallest absolute Gasteiger partial charge is 0.404 e. The molecule has 2 heterocycles. The van der Waals surface area contributed by atoms with Crippen molar-refractivity contribution in [3.8, 4) is 5.75 Å². The number of carbonyl (C=O) groups is 1. The number of alkyl halides is 3. The highest BCUT2D eigenvalue weighted by Gasteiger charge is 2.62. The SMILES string of the molecule is O=C(NCc1ccc(OCc2cccnc2)cc1)C1(C(F)(F)F)CCN(Cc2ccccc2)C1. The average Bonchev–Trinajstić information content (AvgIpc) is 3.28. The molecule has 0 radical (unpaired) electrons. The Kier molecular flexibility index (Phi) is 7.17. The lowest BCUT2D eigenvalue weighted by Crippen LogP contribution is -2.52. The van der Waals surface area contributed by atoms with Gasteiger partial charge in [-0.2, -0.15) is 13.2 Å². The third-order valence-electron chi connectivity index (χ3n) is 6.08. The minimum absolute atomic E-state index is 0.0121. The van der Waals surface area contributed by atoms with Gasteiger partial charge in [-0.3, -0.25) is 14.7 Å². The zero-order valence-electron chi connectivity index (χ0n) is 18.6. The van der Waals surface area contributed by atoms with Crippen LogP contribution in [0.2, 0.25) is 0 Å². The molecule has 0 aliphatic carbocycles. The van der Waals surface area contributed by atoms with Gasteiger partial charge in [-0.25, -0.2) is 0 Å². The van der Waals surface area contributed by atoms with Crippen LogP contribution in [0.25, 0.3) is 0 Å². The number of halogens is 3. The first-order valence-corrected chi connectivity index (χ1v) is 11.1. The van der Waals surface area contributed by atoms with Gasteiger partial charge in [-0.05, 0) is 42.3 Å². The third-order valence-corrected chi connectivity index (χ3v) is 6.08. The second kappa shape index (κ2) is 10.3. The zero-order chi connectivity index (χ0) is 24.0. The minimum Gasteiger partial charge on any atom is -0.489 e. The maximum Gasteiger partial charge on any atom is 0.404 e. The van der Waals surface area contributed by atoms with E-state index >= 15 is 0 Å². The Morgan fingerprint density at radius 3 is 2.41 bits per heavy atom. The van der Waals surface area contributed by atoms with E-state index in [4.69, 9.17) is 4.74 Å². The number of carbonyl (C=O) groups excluding carboxylic acids is 1. The predicted molar refractivity (Wildman–Crippen MR) is 122 cm³/mol. The number of benzene rings is 2. The van der Waals surface area contributed by atoms with Gasteiger partial charge in [0.05, 0.1) is 0 Å². The first-order chi connectivity index (χ1) is 16.4. The molecule has 0 saturated carbocycles. The number of nitrogens with zero attached hydrogens (tertiary/aromatic N) is 2. The van der Waals surface area contributed by atoms with Crippen molar-refractivity contribution in [2.45, 2.75) is 32.3 Å². The van der Waals surface area contributed by atoms with Gasteiger partial charge in [0.25, 0.3) is 0 Å². The Bertz CT molecular complexity index is 1080. The normalized spacial score (nSPS) is 18.6. The fourth-order valence-corrected chi connectivity index (χ4v) is 4.12. The fraction of sp³-hybridized carbons (Fsp3) is 0.308. The van der Waals surface area contributed by atoms with Crippen molar-refractivity contribution >= 4 is 5.91 Å². The Morgan fingerprint density at radius 2 is 1.74 bits per heavy atom. The molecular weight excluding hydrogens is 443 g/mol. The van der Waals surface area contributed by atoms with Gasteiger partial charge in [-0.1, -0.05) is 48.5 Å². The fourth-order valence-electron chi connectivity index (χ4n) is 4.12. The Labute approximate surface area is 196 Å². The molecule has 0 spiro atoms. The number of pyridine rings is 1.